The fraction of sp³-hybridized carbons (Fsp3) is 0.522. The number of hydrogen-bond donors (Lipinski definition) is 1. The molecule has 1 aliphatic heterocycles. The SMILES string of the molecule is CCOC(=O)C1=C(C)NC(CCC(C)(C)CC)=C(C(C)=O)C1c1cccnc1. The van der Waals surface area contributed by atoms with Crippen molar-refractivity contribution in [1.29, 1.82) is 0 Å². The highest BCUT2D eigenvalue weighted by molar-refractivity contribution is 6.02. The van der Waals surface area contributed by atoms with Gasteiger partial charge in [0.25, 0.3) is 0 Å². The number of Topliss-reactive ketones (excluding diaryl/α,β-unsaturated/α-hetero) is 1. The summed E-state index contributed by atoms with van der Waals surface area (Å²) in [5, 5.41) is 3.35. The molecule has 2 heterocycles. The Kier molecular flexibility index (Phi) is 7.17. The second kappa shape index (κ2) is 9.18. The molecule has 0 saturated heterocycles. The number of rotatable bonds is 8. The summed E-state index contributed by atoms with van der Waals surface area (Å²) >= 11 is 0. The van der Waals surface area contributed by atoms with Crippen LogP contribution in [0.25, 0.3) is 0 Å². The Morgan fingerprint density at radius 2 is 1.96 bits per heavy atom. The van der Waals surface area contributed by atoms with Crippen LogP contribution in [0.15, 0.2) is 47.1 Å². The van der Waals surface area contributed by atoms with E-state index in [9.17, 15) is 9.59 Å². The van der Waals surface area contributed by atoms with Crippen molar-refractivity contribution < 1.29 is 14.3 Å². The molecule has 152 valence electrons. The summed E-state index contributed by atoms with van der Waals surface area (Å²) in [4.78, 5) is 29.7. The number of carbonyl (C=O) groups is 2. The van der Waals surface area contributed by atoms with E-state index in [2.05, 4.69) is 31.1 Å². The van der Waals surface area contributed by atoms with Crippen LogP contribution in [0.2, 0.25) is 0 Å². The van der Waals surface area contributed by atoms with E-state index in [1.54, 1.807) is 26.2 Å². The first-order valence-electron chi connectivity index (χ1n) is 10.0. The average Bonchev–Trinajstić information content (AvgIpc) is 2.66. The van der Waals surface area contributed by atoms with E-state index in [4.69, 9.17) is 4.74 Å². The standard InChI is InChI=1S/C23H32N2O3/c1-7-23(5,6)12-11-18-20(16(4)26)21(17-10-9-13-24-14-17)19(15(3)25-18)22(27)28-8-2/h9-10,13-14,21,25H,7-8,11-12H2,1-6H3. The highest BCUT2D eigenvalue weighted by Crippen LogP contribution is 2.40. The second-order valence-electron chi connectivity index (χ2n) is 8.07. The molecule has 1 aromatic rings. The number of esters is 1. The summed E-state index contributed by atoms with van der Waals surface area (Å²) in [5.74, 6) is -0.903. The van der Waals surface area contributed by atoms with E-state index >= 15 is 0 Å². The molecule has 28 heavy (non-hydrogen) atoms. The van der Waals surface area contributed by atoms with Crippen LogP contribution in [0, 0.1) is 5.41 Å². The molecule has 5 heteroatoms. The predicted octanol–water partition coefficient (Wildman–Crippen LogP) is 4.67. The Labute approximate surface area is 168 Å². The van der Waals surface area contributed by atoms with E-state index < -0.39 is 11.9 Å². The molecular weight excluding hydrogens is 352 g/mol. The summed E-state index contributed by atoms with van der Waals surface area (Å²) in [6.45, 7) is 12.1. The molecule has 1 N–H and O–H groups in total. The number of aromatic nitrogens is 1. The van der Waals surface area contributed by atoms with Gasteiger partial charge >= 0.3 is 5.97 Å². The lowest BCUT2D eigenvalue weighted by molar-refractivity contribution is -0.138. The number of hydrogen-bond acceptors (Lipinski definition) is 5. The third-order valence-electron chi connectivity index (χ3n) is 5.55. The smallest absolute Gasteiger partial charge is 0.336 e. The fourth-order valence-electron chi connectivity index (χ4n) is 3.51. The van der Waals surface area contributed by atoms with Gasteiger partial charge in [0.15, 0.2) is 5.78 Å². The van der Waals surface area contributed by atoms with Crippen molar-refractivity contribution in [2.45, 2.75) is 66.7 Å². The van der Waals surface area contributed by atoms with Crippen LogP contribution in [0.3, 0.4) is 0 Å². The number of dihydropyridines is 1. The molecule has 0 fully saturated rings. The number of nitrogens with zero attached hydrogens (tertiary/aromatic N) is 1. The molecule has 0 spiro atoms. The monoisotopic (exact) mass is 384 g/mol. The van der Waals surface area contributed by atoms with Crippen LogP contribution in [-0.2, 0) is 14.3 Å². The highest BCUT2D eigenvalue weighted by Gasteiger charge is 2.37. The minimum atomic E-state index is -0.466. The van der Waals surface area contributed by atoms with Crippen molar-refractivity contribution >= 4 is 11.8 Å². The molecular formula is C23H32N2O3. The zero-order valence-corrected chi connectivity index (χ0v) is 17.9. The summed E-state index contributed by atoms with van der Waals surface area (Å²) in [5.41, 5.74) is 3.75. The van der Waals surface area contributed by atoms with Crippen molar-refractivity contribution in [3.05, 3.63) is 52.6 Å². The molecule has 1 aromatic heterocycles. The largest absolute Gasteiger partial charge is 0.463 e. The Morgan fingerprint density at radius 3 is 2.50 bits per heavy atom. The van der Waals surface area contributed by atoms with Gasteiger partial charge in [-0.05, 0) is 50.7 Å². The first-order valence-corrected chi connectivity index (χ1v) is 10.0. The van der Waals surface area contributed by atoms with Gasteiger partial charge in [-0.15, -0.1) is 0 Å². The van der Waals surface area contributed by atoms with Gasteiger partial charge in [-0.1, -0.05) is 33.3 Å². The van der Waals surface area contributed by atoms with E-state index in [0.717, 1.165) is 36.2 Å². The lowest BCUT2D eigenvalue weighted by Crippen LogP contribution is -2.32. The van der Waals surface area contributed by atoms with Gasteiger partial charge in [0.2, 0.25) is 0 Å². The molecule has 5 nitrogen and oxygen atoms in total. The lowest BCUT2D eigenvalue weighted by Gasteiger charge is -2.33. The molecule has 1 unspecified atom stereocenters. The number of pyridine rings is 1. The van der Waals surface area contributed by atoms with Crippen molar-refractivity contribution in [3.8, 4) is 0 Å². The average molecular weight is 385 g/mol. The van der Waals surface area contributed by atoms with Crippen LogP contribution in [0.5, 0.6) is 0 Å². The zero-order chi connectivity index (χ0) is 20.9. The van der Waals surface area contributed by atoms with E-state index in [1.165, 1.54) is 0 Å². The quantitative estimate of drug-likeness (QED) is 0.660. The van der Waals surface area contributed by atoms with Crippen LogP contribution in [0.1, 0.15) is 72.3 Å². The number of carbonyl (C=O) groups excluding carboxylic acids is 2. The van der Waals surface area contributed by atoms with Crippen molar-refractivity contribution in [2.24, 2.45) is 5.41 Å². The molecule has 0 bridgehead atoms. The van der Waals surface area contributed by atoms with Gasteiger partial charge in [0.05, 0.1) is 12.2 Å². The molecule has 0 saturated carbocycles. The maximum absolute atomic E-state index is 12.8. The first-order chi connectivity index (χ1) is 13.2. The molecule has 0 amide bonds. The summed E-state index contributed by atoms with van der Waals surface area (Å²) in [6.07, 6.45) is 6.17. The molecule has 1 atom stereocenters. The normalized spacial score (nSPS) is 17.4. The molecule has 1 aliphatic rings. The Morgan fingerprint density at radius 1 is 1.25 bits per heavy atom. The van der Waals surface area contributed by atoms with E-state index in [-0.39, 0.29) is 17.8 Å². The number of ether oxygens (including phenoxy) is 1. The van der Waals surface area contributed by atoms with Crippen LogP contribution in [-0.4, -0.2) is 23.3 Å². The maximum Gasteiger partial charge on any atom is 0.336 e. The van der Waals surface area contributed by atoms with Crippen LogP contribution >= 0.6 is 0 Å². The summed E-state index contributed by atoms with van der Waals surface area (Å²) in [6, 6.07) is 3.74. The number of ketones is 1. The van der Waals surface area contributed by atoms with Gasteiger partial charge in [0, 0.05) is 35.3 Å². The summed E-state index contributed by atoms with van der Waals surface area (Å²) in [7, 11) is 0. The number of nitrogens with one attached hydrogen (secondary N) is 1. The lowest BCUT2D eigenvalue weighted by atomic mass is 9.77. The first kappa shape index (κ1) is 21.9. The molecule has 2 rings (SSSR count). The third kappa shape index (κ3) is 4.89. The Balaban J connectivity index is 2.57. The fourth-order valence-corrected chi connectivity index (χ4v) is 3.51. The maximum atomic E-state index is 12.8. The van der Waals surface area contributed by atoms with Gasteiger partial charge in [-0.2, -0.15) is 0 Å². The minimum absolute atomic E-state index is 0.0417. The molecule has 0 aliphatic carbocycles. The zero-order valence-electron chi connectivity index (χ0n) is 17.9. The molecule has 0 aromatic carbocycles. The Hall–Kier alpha value is -2.43. The van der Waals surface area contributed by atoms with E-state index in [0.29, 0.717) is 11.1 Å². The van der Waals surface area contributed by atoms with Gasteiger partial charge in [-0.25, -0.2) is 4.79 Å². The minimum Gasteiger partial charge on any atom is -0.463 e. The van der Waals surface area contributed by atoms with Crippen molar-refractivity contribution in [2.75, 3.05) is 6.61 Å². The van der Waals surface area contributed by atoms with Gasteiger partial charge in [0.1, 0.15) is 0 Å². The predicted molar refractivity (Wildman–Crippen MR) is 110 cm³/mol. The van der Waals surface area contributed by atoms with Gasteiger partial charge < -0.3 is 10.1 Å². The van der Waals surface area contributed by atoms with Crippen molar-refractivity contribution in [3.63, 3.8) is 0 Å². The molecule has 0 radical (unpaired) electrons. The highest BCUT2D eigenvalue weighted by atomic mass is 16.5. The van der Waals surface area contributed by atoms with Gasteiger partial charge in [-0.3, -0.25) is 9.78 Å². The second-order valence-corrected chi connectivity index (χ2v) is 8.07. The van der Waals surface area contributed by atoms with E-state index in [1.807, 2.05) is 19.1 Å². The Bertz CT molecular complexity index is 791. The topological polar surface area (TPSA) is 68.3 Å². The van der Waals surface area contributed by atoms with Crippen LogP contribution < -0.4 is 5.32 Å². The number of allylic oxidation sites excluding steroid dienone is 3. The van der Waals surface area contributed by atoms with Crippen LogP contribution in [0.4, 0.5) is 0 Å². The van der Waals surface area contributed by atoms with Crippen molar-refractivity contribution in [1.82, 2.24) is 10.3 Å². The third-order valence-corrected chi connectivity index (χ3v) is 5.55. The summed E-state index contributed by atoms with van der Waals surface area (Å²) < 4.78 is 5.31.